The van der Waals surface area contributed by atoms with Crippen LogP contribution < -0.4 is 0 Å². The molecule has 1 atom stereocenters. The normalized spacial score (nSPS) is 13.6. The fourth-order valence-corrected chi connectivity index (χ4v) is 7.79. The standard InChI is InChI=1S/C77H114O6/c1-4-7-10-13-16-19-22-25-28-30-32-34-35-36-37-38-39-40-41-43-44-46-49-52-55-58-61-64-67-70-76(79)82-73-74(72-81-75(78)69-66-63-60-57-54-51-48-27-24-21-18-15-12-9-6-3)83-77(80)71-68-65-62-59-56-53-50-47-45-42-33-31-29-26-23-20-17-14-11-8-5-2/h7-12,16-21,25-29,32-34,36-37,39-40,42-44,47-50,52,54,57,63,66,74H,4-6,13-15,22-24,30-31,35,38,41,45-46,51,53,55-56,58-62,64-65,67-73H2,1-3H3/b10-7-,11-8-,12-9-,19-16-,20-17-,21-18-,28-25-,29-26-,34-32-,37-36-,40-39-,42-33-,44-43-,48-27-,50-47-,52-49-,57-54-,66-63-. The lowest BCUT2D eigenvalue weighted by atomic mass is 10.1. The predicted molar refractivity (Wildman–Crippen MR) is 361 cm³/mol. The van der Waals surface area contributed by atoms with Crippen LogP contribution in [0.3, 0.4) is 0 Å². The summed E-state index contributed by atoms with van der Waals surface area (Å²) in [6, 6.07) is 0. The number of ether oxygens (including phenoxy) is 3. The summed E-state index contributed by atoms with van der Waals surface area (Å²) in [7, 11) is 0. The maximum absolute atomic E-state index is 12.9. The van der Waals surface area contributed by atoms with Crippen LogP contribution in [-0.2, 0) is 28.6 Å². The van der Waals surface area contributed by atoms with E-state index in [0.29, 0.717) is 12.8 Å². The van der Waals surface area contributed by atoms with Crippen molar-refractivity contribution < 1.29 is 28.6 Å². The predicted octanol–water partition coefficient (Wildman–Crippen LogP) is 22.5. The van der Waals surface area contributed by atoms with E-state index in [1.165, 1.54) is 0 Å². The highest BCUT2D eigenvalue weighted by atomic mass is 16.6. The number of esters is 3. The Morgan fingerprint density at radius 3 is 0.783 bits per heavy atom. The van der Waals surface area contributed by atoms with E-state index >= 15 is 0 Å². The zero-order valence-electron chi connectivity index (χ0n) is 52.4. The Bertz CT molecular complexity index is 2080. The van der Waals surface area contributed by atoms with Gasteiger partial charge >= 0.3 is 17.9 Å². The zero-order valence-corrected chi connectivity index (χ0v) is 52.4. The lowest BCUT2D eigenvalue weighted by Crippen LogP contribution is -2.30. The molecule has 6 nitrogen and oxygen atoms in total. The highest BCUT2D eigenvalue weighted by Crippen LogP contribution is 2.12. The van der Waals surface area contributed by atoms with Gasteiger partial charge in [-0.05, 0) is 154 Å². The molecule has 1 unspecified atom stereocenters. The van der Waals surface area contributed by atoms with E-state index < -0.39 is 12.1 Å². The summed E-state index contributed by atoms with van der Waals surface area (Å²) in [6.07, 6.45) is 107. The van der Waals surface area contributed by atoms with Crippen molar-refractivity contribution in [2.24, 2.45) is 0 Å². The first-order chi connectivity index (χ1) is 41.0. The second-order valence-electron chi connectivity index (χ2n) is 20.2. The Balaban J connectivity index is 4.57. The minimum absolute atomic E-state index is 0.105. The Morgan fingerprint density at radius 2 is 0.482 bits per heavy atom. The van der Waals surface area contributed by atoms with E-state index in [-0.39, 0.29) is 38.0 Å². The van der Waals surface area contributed by atoms with Gasteiger partial charge in [-0.1, -0.05) is 272 Å². The van der Waals surface area contributed by atoms with Crippen molar-refractivity contribution in [3.63, 3.8) is 0 Å². The average Bonchev–Trinajstić information content (AvgIpc) is 3.49. The van der Waals surface area contributed by atoms with E-state index in [4.69, 9.17) is 14.2 Å². The summed E-state index contributed by atoms with van der Waals surface area (Å²) in [5.41, 5.74) is 0. The van der Waals surface area contributed by atoms with Crippen LogP contribution in [0.15, 0.2) is 219 Å². The highest BCUT2D eigenvalue weighted by Gasteiger charge is 2.19. The van der Waals surface area contributed by atoms with Crippen molar-refractivity contribution in [3.8, 4) is 0 Å². The van der Waals surface area contributed by atoms with Crippen molar-refractivity contribution in [1.82, 2.24) is 0 Å². The van der Waals surface area contributed by atoms with Gasteiger partial charge in [-0.25, -0.2) is 0 Å². The van der Waals surface area contributed by atoms with Crippen molar-refractivity contribution in [2.75, 3.05) is 13.2 Å². The van der Waals surface area contributed by atoms with Crippen LogP contribution in [0.4, 0.5) is 0 Å². The van der Waals surface area contributed by atoms with Gasteiger partial charge < -0.3 is 14.2 Å². The molecule has 0 bridgehead atoms. The first-order valence-electron chi connectivity index (χ1n) is 32.2. The molecule has 0 fully saturated rings. The number of allylic oxidation sites excluding steroid dienone is 35. The van der Waals surface area contributed by atoms with Gasteiger partial charge in [0, 0.05) is 12.8 Å². The molecule has 0 saturated carbocycles. The lowest BCUT2D eigenvalue weighted by molar-refractivity contribution is -0.166. The van der Waals surface area contributed by atoms with Crippen LogP contribution in [0.5, 0.6) is 0 Å². The number of rotatable bonds is 55. The number of carbonyl (C=O) groups excluding carboxylic acids is 3. The molecule has 0 aromatic rings. The van der Waals surface area contributed by atoms with Crippen LogP contribution >= 0.6 is 0 Å². The molecule has 0 rings (SSSR count). The second kappa shape index (κ2) is 68.2. The molecule has 0 aliphatic carbocycles. The molecule has 0 spiro atoms. The summed E-state index contributed by atoms with van der Waals surface area (Å²) in [6.45, 7) is 6.15. The molecular weight excluding hydrogens is 1020 g/mol. The molecule has 0 heterocycles. The minimum Gasteiger partial charge on any atom is -0.462 e. The van der Waals surface area contributed by atoms with Crippen molar-refractivity contribution in [2.45, 2.75) is 232 Å². The monoisotopic (exact) mass is 1130 g/mol. The molecule has 0 amide bonds. The Labute approximate surface area is 508 Å². The first kappa shape index (κ1) is 76.7. The largest absolute Gasteiger partial charge is 0.462 e. The summed E-state index contributed by atoms with van der Waals surface area (Å²) in [5.74, 6) is -1.13. The van der Waals surface area contributed by atoms with Gasteiger partial charge in [-0.2, -0.15) is 0 Å². The third-order valence-electron chi connectivity index (χ3n) is 12.5. The van der Waals surface area contributed by atoms with Gasteiger partial charge in [0.15, 0.2) is 6.10 Å². The van der Waals surface area contributed by atoms with E-state index in [1.807, 2.05) is 6.08 Å². The second-order valence-corrected chi connectivity index (χ2v) is 20.2. The topological polar surface area (TPSA) is 78.9 Å². The third-order valence-corrected chi connectivity index (χ3v) is 12.5. The SMILES string of the molecule is CC/C=C\C/C=C\C/C=C\C/C=C\C/C=C\C/C=C\C/C=C\C/C=C\CCCCCCC(=O)OCC(COC(=O)C/C=C\C/C=C\C/C=C\C/C=C\C/C=C\CC)OC(=O)CCCCCCC/C=C\C/C=C\C/C=C\C/C=C\C/C=C\CC. The van der Waals surface area contributed by atoms with Crippen LogP contribution in [0.25, 0.3) is 0 Å². The number of unbranched alkanes of at least 4 members (excludes halogenated alkanes) is 9. The number of carbonyl (C=O) groups is 3. The van der Waals surface area contributed by atoms with Crippen molar-refractivity contribution in [1.29, 1.82) is 0 Å². The molecule has 0 aliphatic rings. The molecule has 0 N–H and O–H groups in total. The lowest BCUT2D eigenvalue weighted by Gasteiger charge is -2.18. The molecule has 0 aromatic heterocycles. The average molecular weight is 1140 g/mol. The number of hydrogen-bond acceptors (Lipinski definition) is 6. The Morgan fingerprint density at radius 1 is 0.253 bits per heavy atom. The van der Waals surface area contributed by atoms with Gasteiger partial charge in [-0.3, -0.25) is 14.4 Å². The van der Waals surface area contributed by atoms with Gasteiger partial charge in [-0.15, -0.1) is 0 Å². The van der Waals surface area contributed by atoms with E-state index in [1.54, 1.807) is 6.08 Å². The van der Waals surface area contributed by atoms with Crippen LogP contribution in [0.1, 0.15) is 226 Å². The Kier molecular flexibility index (Phi) is 63.1. The molecule has 458 valence electrons. The van der Waals surface area contributed by atoms with Crippen molar-refractivity contribution in [3.05, 3.63) is 219 Å². The maximum Gasteiger partial charge on any atom is 0.309 e. The summed E-state index contributed by atoms with van der Waals surface area (Å²) in [4.78, 5) is 38.3. The van der Waals surface area contributed by atoms with Gasteiger partial charge in [0.2, 0.25) is 0 Å². The molecule has 0 aliphatic heterocycles. The first-order valence-corrected chi connectivity index (χ1v) is 32.2. The van der Waals surface area contributed by atoms with E-state index in [2.05, 4.69) is 227 Å². The molecule has 0 aromatic carbocycles. The summed E-state index contributed by atoms with van der Waals surface area (Å²) >= 11 is 0. The van der Waals surface area contributed by atoms with Gasteiger partial charge in [0.05, 0.1) is 6.42 Å². The maximum atomic E-state index is 12.9. The minimum atomic E-state index is -0.856. The molecular formula is C77H114O6. The Hall–Kier alpha value is -6.27. The van der Waals surface area contributed by atoms with Gasteiger partial charge in [0.25, 0.3) is 0 Å². The quantitative estimate of drug-likeness (QED) is 0.0261. The molecule has 0 radical (unpaired) electrons. The fourth-order valence-electron chi connectivity index (χ4n) is 7.79. The van der Waals surface area contributed by atoms with Crippen LogP contribution in [0, 0.1) is 0 Å². The third kappa shape index (κ3) is 66.4. The summed E-state index contributed by atoms with van der Waals surface area (Å²) in [5, 5.41) is 0. The summed E-state index contributed by atoms with van der Waals surface area (Å²) < 4.78 is 16.8. The van der Waals surface area contributed by atoms with E-state index in [0.717, 1.165) is 180 Å². The van der Waals surface area contributed by atoms with Crippen LogP contribution in [0.2, 0.25) is 0 Å². The number of hydrogen-bond donors (Lipinski definition) is 0. The zero-order chi connectivity index (χ0) is 59.9. The van der Waals surface area contributed by atoms with Crippen LogP contribution in [-0.4, -0.2) is 37.2 Å². The molecule has 0 saturated heterocycles. The fraction of sp³-hybridized carbons (Fsp3) is 0.494. The van der Waals surface area contributed by atoms with E-state index in [9.17, 15) is 14.4 Å². The van der Waals surface area contributed by atoms with Crippen molar-refractivity contribution >= 4 is 17.9 Å². The smallest absolute Gasteiger partial charge is 0.309 e. The highest BCUT2D eigenvalue weighted by molar-refractivity contribution is 5.72. The molecule has 6 heteroatoms. The van der Waals surface area contributed by atoms with Gasteiger partial charge in [0.1, 0.15) is 13.2 Å². The molecule has 83 heavy (non-hydrogen) atoms.